The molecule has 0 N–H and O–H groups in total. The van der Waals surface area contributed by atoms with Crippen molar-refractivity contribution in [1.82, 2.24) is 0 Å². The first kappa shape index (κ1) is 18.3. The highest BCUT2D eigenvalue weighted by molar-refractivity contribution is 5.97. The van der Waals surface area contributed by atoms with E-state index in [1.54, 1.807) is 0 Å². The second-order valence-electron chi connectivity index (χ2n) is 3.84. The predicted molar refractivity (Wildman–Crippen MR) is 77.7 cm³/mol. The van der Waals surface area contributed by atoms with E-state index >= 15 is 0 Å². The topological polar surface area (TPSA) is 17.1 Å². The first-order chi connectivity index (χ1) is 8.11. The molecule has 0 saturated carbocycles. The summed E-state index contributed by atoms with van der Waals surface area (Å²) in [5, 5.41) is 0. The fourth-order valence-corrected chi connectivity index (χ4v) is 1.37. The van der Waals surface area contributed by atoms with E-state index in [4.69, 9.17) is 0 Å². The molecule has 0 spiro atoms. The average molecular weight is 236 g/mol. The Morgan fingerprint density at radius 3 is 1.94 bits per heavy atom. The molecule has 98 valence electrons. The van der Waals surface area contributed by atoms with Gasteiger partial charge in [0, 0.05) is 12.0 Å². The van der Waals surface area contributed by atoms with E-state index in [0.717, 1.165) is 11.1 Å². The number of benzene rings is 1. The molecule has 0 heterocycles. The molecular weight excluding hydrogens is 208 g/mol. The summed E-state index contributed by atoms with van der Waals surface area (Å²) in [4.78, 5) is 11.7. The van der Waals surface area contributed by atoms with Crippen LogP contribution in [0.3, 0.4) is 0 Å². The molecule has 0 bridgehead atoms. The molecule has 17 heavy (non-hydrogen) atoms. The third-order valence-electron chi connectivity index (χ3n) is 2.04. The first-order valence-electron chi connectivity index (χ1n) is 6.70. The summed E-state index contributed by atoms with van der Waals surface area (Å²) >= 11 is 0. The zero-order chi connectivity index (χ0) is 13.8. The number of aryl methyl sites for hydroxylation is 1. The average Bonchev–Trinajstić information content (AvgIpc) is 2.34. The van der Waals surface area contributed by atoms with Crippen LogP contribution in [0.1, 0.15) is 63.9 Å². The molecule has 0 amide bonds. The summed E-state index contributed by atoms with van der Waals surface area (Å²) in [6.07, 6.45) is 0.644. The second-order valence-corrected chi connectivity index (χ2v) is 3.84. The van der Waals surface area contributed by atoms with Crippen LogP contribution < -0.4 is 0 Å². The molecule has 0 aromatic heterocycles. The lowest BCUT2D eigenvalue weighted by Gasteiger charge is -2.06. The molecule has 1 heteroatoms. The van der Waals surface area contributed by atoms with E-state index in [9.17, 15) is 4.79 Å². The summed E-state index contributed by atoms with van der Waals surface area (Å²) in [6, 6.07) is 7.76. The maximum absolute atomic E-state index is 11.7. The Kier molecular flexibility index (Phi) is 12.2. The van der Waals surface area contributed by atoms with Gasteiger partial charge in [-0.05, 0) is 18.4 Å². The third-order valence-corrected chi connectivity index (χ3v) is 2.04. The zero-order valence-corrected chi connectivity index (χ0v) is 12.5. The lowest BCUT2D eigenvalue weighted by molar-refractivity contribution is 0.0967. The normalized spacial score (nSPS) is 8.71. The molecule has 0 saturated heterocycles. The number of hydrogen-bond acceptors (Lipinski definition) is 1. The third kappa shape index (κ3) is 7.73. The number of hydrogen-bond donors (Lipinski definition) is 0. The highest BCUT2D eigenvalue weighted by atomic mass is 16.1. The maximum Gasteiger partial charge on any atom is 0.163 e. The van der Waals surface area contributed by atoms with Crippen molar-refractivity contribution >= 4 is 5.78 Å². The van der Waals surface area contributed by atoms with Gasteiger partial charge in [0.2, 0.25) is 0 Å². The highest BCUT2D eigenvalue weighted by Crippen LogP contribution is 2.12. The van der Waals surface area contributed by atoms with Crippen molar-refractivity contribution in [2.45, 2.75) is 54.9 Å². The molecule has 1 aromatic rings. The van der Waals surface area contributed by atoms with E-state index in [1.807, 2.05) is 58.9 Å². The van der Waals surface area contributed by atoms with E-state index in [-0.39, 0.29) is 5.78 Å². The highest BCUT2D eigenvalue weighted by Gasteiger charge is 2.09. The Bertz CT molecular complexity index is 300. The standard InChI is InChI=1S/C12H16O.2C2H6/c1-9(2)8-12(13)11-7-5-4-6-10(11)3;2*1-2/h4-7,9H,8H2,1-3H3;2*1-2H3. The van der Waals surface area contributed by atoms with Gasteiger partial charge in [-0.15, -0.1) is 0 Å². The van der Waals surface area contributed by atoms with Gasteiger partial charge < -0.3 is 0 Å². The van der Waals surface area contributed by atoms with E-state index in [2.05, 4.69) is 13.8 Å². The second kappa shape index (κ2) is 11.4. The molecule has 0 unspecified atom stereocenters. The number of ketones is 1. The molecule has 0 radical (unpaired) electrons. The van der Waals surface area contributed by atoms with Crippen LogP contribution in [0, 0.1) is 12.8 Å². The monoisotopic (exact) mass is 236 g/mol. The van der Waals surface area contributed by atoms with Crippen molar-refractivity contribution in [3.05, 3.63) is 35.4 Å². The number of Topliss-reactive ketones (excluding diaryl/α,β-unsaturated/α-hetero) is 1. The van der Waals surface area contributed by atoms with Crippen LogP contribution in [0.4, 0.5) is 0 Å². The predicted octanol–water partition coefficient (Wildman–Crippen LogP) is 5.28. The van der Waals surface area contributed by atoms with Gasteiger partial charge in [0.25, 0.3) is 0 Å². The molecule has 1 rings (SSSR count). The number of rotatable bonds is 3. The Morgan fingerprint density at radius 1 is 1.06 bits per heavy atom. The SMILES string of the molecule is CC.CC.Cc1ccccc1C(=O)CC(C)C. The van der Waals surface area contributed by atoms with Crippen LogP contribution in [-0.2, 0) is 0 Å². The fourth-order valence-electron chi connectivity index (χ4n) is 1.37. The van der Waals surface area contributed by atoms with Gasteiger partial charge >= 0.3 is 0 Å². The van der Waals surface area contributed by atoms with Gasteiger partial charge in [-0.25, -0.2) is 0 Å². The van der Waals surface area contributed by atoms with E-state index in [1.165, 1.54) is 0 Å². The molecular formula is C16H28O. The number of carbonyl (C=O) groups is 1. The summed E-state index contributed by atoms with van der Waals surface area (Å²) in [5.74, 6) is 0.695. The van der Waals surface area contributed by atoms with Gasteiger partial charge in [-0.2, -0.15) is 0 Å². The molecule has 0 fully saturated rings. The van der Waals surface area contributed by atoms with Crippen molar-refractivity contribution in [2.75, 3.05) is 0 Å². The molecule has 0 aliphatic heterocycles. The molecule has 0 atom stereocenters. The van der Waals surface area contributed by atoms with Crippen molar-refractivity contribution in [3.8, 4) is 0 Å². The fraction of sp³-hybridized carbons (Fsp3) is 0.562. The summed E-state index contributed by atoms with van der Waals surface area (Å²) in [6.45, 7) is 14.1. The summed E-state index contributed by atoms with van der Waals surface area (Å²) in [5.41, 5.74) is 1.95. The Balaban J connectivity index is 0. The minimum atomic E-state index is 0.258. The summed E-state index contributed by atoms with van der Waals surface area (Å²) < 4.78 is 0. The van der Waals surface area contributed by atoms with Gasteiger partial charge in [0.1, 0.15) is 0 Å². The molecule has 0 aliphatic rings. The largest absolute Gasteiger partial charge is 0.294 e. The van der Waals surface area contributed by atoms with Gasteiger partial charge in [-0.1, -0.05) is 65.8 Å². The van der Waals surface area contributed by atoms with Crippen LogP contribution in [0.2, 0.25) is 0 Å². The quantitative estimate of drug-likeness (QED) is 0.653. The first-order valence-corrected chi connectivity index (χ1v) is 6.70. The van der Waals surface area contributed by atoms with Crippen molar-refractivity contribution in [3.63, 3.8) is 0 Å². The lowest BCUT2D eigenvalue weighted by Crippen LogP contribution is -2.04. The van der Waals surface area contributed by atoms with Gasteiger partial charge in [0.05, 0.1) is 0 Å². The minimum Gasteiger partial charge on any atom is -0.294 e. The van der Waals surface area contributed by atoms with Crippen LogP contribution in [0.15, 0.2) is 24.3 Å². The van der Waals surface area contributed by atoms with Crippen molar-refractivity contribution in [2.24, 2.45) is 5.92 Å². The smallest absolute Gasteiger partial charge is 0.163 e. The molecule has 1 nitrogen and oxygen atoms in total. The van der Waals surface area contributed by atoms with E-state index < -0.39 is 0 Å². The zero-order valence-electron chi connectivity index (χ0n) is 12.5. The Labute approximate surface area is 107 Å². The van der Waals surface area contributed by atoms with Gasteiger partial charge in [0.15, 0.2) is 5.78 Å². The molecule has 1 aromatic carbocycles. The Hall–Kier alpha value is -1.11. The van der Waals surface area contributed by atoms with Crippen molar-refractivity contribution in [1.29, 1.82) is 0 Å². The number of carbonyl (C=O) groups excluding carboxylic acids is 1. The van der Waals surface area contributed by atoms with Crippen LogP contribution in [0.5, 0.6) is 0 Å². The Morgan fingerprint density at radius 2 is 1.53 bits per heavy atom. The van der Waals surface area contributed by atoms with Gasteiger partial charge in [-0.3, -0.25) is 4.79 Å². The van der Waals surface area contributed by atoms with Crippen LogP contribution in [0.25, 0.3) is 0 Å². The minimum absolute atomic E-state index is 0.258. The van der Waals surface area contributed by atoms with Crippen LogP contribution in [-0.4, -0.2) is 5.78 Å². The molecule has 0 aliphatic carbocycles. The maximum atomic E-state index is 11.7. The van der Waals surface area contributed by atoms with Crippen molar-refractivity contribution < 1.29 is 4.79 Å². The lowest BCUT2D eigenvalue weighted by atomic mass is 9.98. The summed E-state index contributed by atoms with van der Waals surface area (Å²) in [7, 11) is 0. The van der Waals surface area contributed by atoms with E-state index in [0.29, 0.717) is 12.3 Å². The van der Waals surface area contributed by atoms with Crippen LogP contribution >= 0.6 is 0 Å².